The second-order valence-corrected chi connectivity index (χ2v) is 6.42. The minimum Gasteiger partial charge on any atom is -0.384 e. The summed E-state index contributed by atoms with van der Waals surface area (Å²) in [6, 6.07) is 6.04. The van der Waals surface area contributed by atoms with Gasteiger partial charge in [-0.1, -0.05) is 13.8 Å². The fourth-order valence-corrected chi connectivity index (χ4v) is 2.75. The first-order valence-corrected chi connectivity index (χ1v) is 8.03. The first kappa shape index (κ1) is 17.4. The zero-order chi connectivity index (χ0) is 19.2. The lowest BCUT2D eigenvalue weighted by atomic mass is 10.1. The highest BCUT2D eigenvalue weighted by atomic mass is 16.2. The number of nitrogens with two attached hydrogens (primary N) is 1. The van der Waals surface area contributed by atoms with Gasteiger partial charge in [-0.05, 0) is 30.7 Å². The number of aryl methyl sites for hydroxylation is 1. The van der Waals surface area contributed by atoms with E-state index in [-0.39, 0.29) is 28.8 Å². The van der Waals surface area contributed by atoms with Gasteiger partial charge in [0.05, 0.1) is 16.8 Å². The lowest BCUT2D eigenvalue weighted by molar-refractivity contribution is -0.118. The molecule has 2 aromatic rings. The molecule has 0 radical (unpaired) electrons. The molecular formula is C18H18N4O4. The molecule has 8 nitrogen and oxygen atoms in total. The molecule has 0 unspecified atom stereocenters. The highest BCUT2D eigenvalue weighted by molar-refractivity contribution is 6.23. The number of benzene rings is 1. The predicted molar refractivity (Wildman–Crippen MR) is 96.5 cm³/mol. The molecule has 0 saturated carbocycles. The second-order valence-electron chi connectivity index (χ2n) is 6.42. The van der Waals surface area contributed by atoms with E-state index in [4.69, 9.17) is 5.73 Å². The van der Waals surface area contributed by atoms with Crippen LogP contribution in [0.5, 0.6) is 0 Å². The van der Waals surface area contributed by atoms with E-state index in [0.717, 1.165) is 16.2 Å². The zero-order valence-electron chi connectivity index (χ0n) is 14.5. The SMILES string of the molecule is Cc1cc(-n2c(N)c3c(cc2=O)C(=O)NC3=O)ccc1NC(=O)C(C)C. The predicted octanol–water partition coefficient (Wildman–Crippen LogP) is 1.21. The number of hydrogen-bond acceptors (Lipinski definition) is 5. The summed E-state index contributed by atoms with van der Waals surface area (Å²) in [6.07, 6.45) is 0. The van der Waals surface area contributed by atoms with Crippen molar-refractivity contribution in [1.29, 1.82) is 0 Å². The molecule has 134 valence electrons. The third kappa shape index (κ3) is 2.75. The molecule has 3 rings (SSSR count). The molecule has 0 spiro atoms. The van der Waals surface area contributed by atoms with Gasteiger partial charge in [-0.3, -0.25) is 29.1 Å². The molecule has 1 aromatic heterocycles. The average Bonchev–Trinajstić information content (AvgIpc) is 2.83. The number of aromatic nitrogens is 1. The van der Waals surface area contributed by atoms with Gasteiger partial charge in [0, 0.05) is 17.7 Å². The molecule has 1 aromatic carbocycles. The number of nitrogens with zero attached hydrogens (tertiary/aromatic N) is 1. The molecule has 8 heteroatoms. The van der Waals surface area contributed by atoms with E-state index in [1.807, 2.05) is 0 Å². The van der Waals surface area contributed by atoms with Crippen LogP contribution in [0.2, 0.25) is 0 Å². The van der Waals surface area contributed by atoms with Crippen LogP contribution >= 0.6 is 0 Å². The largest absolute Gasteiger partial charge is 0.384 e. The fraction of sp³-hybridized carbons (Fsp3) is 0.222. The Bertz CT molecular complexity index is 1020. The molecule has 0 saturated heterocycles. The van der Waals surface area contributed by atoms with Crippen LogP contribution in [0.3, 0.4) is 0 Å². The van der Waals surface area contributed by atoms with Crippen LogP contribution in [0.4, 0.5) is 11.5 Å². The number of hydrogen-bond donors (Lipinski definition) is 3. The number of nitrogens with one attached hydrogen (secondary N) is 2. The van der Waals surface area contributed by atoms with Crippen LogP contribution in [0.1, 0.15) is 40.1 Å². The number of amides is 3. The van der Waals surface area contributed by atoms with Crippen LogP contribution in [0.15, 0.2) is 29.1 Å². The van der Waals surface area contributed by atoms with Gasteiger partial charge in [0.25, 0.3) is 17.4 Å². The topological polar surface area (TPSA) is 123 Å². The highest BCUT2D eigenvalue weighted by Crippen LogP contribution is 2.25. The Kier molecular flexibility index (Phi) is 4.11. The van der Waals surface area contributed by atoms with E-state index in [1.165, 1.54) is 0 Å². The number of carbonyl (C=O) groups is 3. The summed E-state index contributed by atoms with van der Waals surface area (Å²) in [5, 5.41) is 4.93. The van der Waals surface area contributed by atoms with Crippen molar-refractivity contribution in [2.24, 2.45) is 5.92 Å². The maximum absolute atomic E-state index is 12.4. The van der Waals surface area contributed by atoms with Crippen molar-refractivity contribution in [1.82, 2.24) is 9.88 Å². The van der Waals surface area contributed by atoms with Crippen molar-refractivity contribution in [2.75, 3.05) is 11.1 Å². The summed E-state index contributed by atoms with van der Waals surface area (Å²) < 4.78 is 1.16. The third-order valence-corrected chi connectivity index (χ3v) is 4.20. The maximum atomic E-state index is 12.4. The summed E-state index contributed by atoms with van der Waals surface area (Å²) in [5.41, 5.74) is 7.23. The van der Waals surface area contributed by atoms with E-state index in [2.05, 4.69) is 10.6 Å². The summed E-state index contributed by atoms with van der Waals surface area (Å²) in [6.45, 7) is 5.36. The van der Waals surface area contributed by atoms with Gasteiger partial charge in [0.1, 0.15) is 5.82 Å². The van der Waals surface area contributed by atoms with Crippen molar-refractivity contribution >= 4 is 29.2 Å². The zero-order valence-corrected chi connectivity index (χ0v) is 14.5. The standard InChI is InChI=1S/C18H18N4O4/c1-8(2)16(24)20-12-5-4-10(6-9(12)3)22-13(23)7-11-14(15(22)19)18(26)21-17(11)25/h4-8H,19H2,1-3H3,(H,20,24)(H,21,25,26). The number of anilines is 2. The molecule has 3 amide bonds. The number of rotatable bonds is 3. The first-order valence-electron chi connectivity index (χ1n) is 8.03. The molecule has 4 N–H and O–H groups in total. The third-order valence-electron chi connectivity index (χ3n) is 4.20. The molecule has 0 bridgehead atoms. The number of imide groups is 1. The summed E-state index contributed by atoms with van der Waals surface area (Å²) in [4.78, 5) is 47.9. The molecule has 0 atom stereocenters. The Balaban J connectivity index is 2.09. The lowest BCUT2D eigenvalue weighted by Crippen LogP contribution is -2.24. The lowest BCUT2D eigenvalue weighted by Gasteiger charge is -2.15. The van der Waals surface area contributed by atoms with Crippen LogP contribution in [0.25, 0.3) is 5.69 Å². The number of carbonyl (C=O) groups excluding carboxylic acids is 3. The van der Waals surface area contributed by atoms with Gasteiger partial charge in [0.15, 0.2) is 0 Å². The number of nitrogen functional groups attached to an aromatic ring is 1. The average molecular weight is 354 g/mol. The van der Waals surface area contributed by atoms with E-state index in [1.54, 1.807) is 39.0 Å². The van der Waals surface area contributed by atoms with E-state index < -0.39 is 17.4 Å². The summed E-state index contributed by atoms with van der Waals surface area (Å²) >= 11 is 0. The van der Waals surface area contributed by atoms with E-state index in [0.29, 0.717) is 11.4 Å². The van der Waals surface area contributed by atoms with Crippen molar-refractivity contribution < 1.29 is 14.4 Å². The van der Waals surface area contributed by atoms with Crippen molar-refractivity contribution in [2.45, 2.75) is 20.8 Å². The van der Waals surface area contributed by atoms with Crippen LogP contribution in [-0.2, 0) is 4.79 Å². The van der Waals surface area contributed by atoms with Gasteiger partial charge in [-0.15, -0.1) is 0 Å². The van der Waals surface area contributed by atoms with Gasteiger partial charge in [-0.2, -0.15) is 0 Å². The fourth-order valence-electron chi connectivity index (χ4n) is 2.75. The Morgan fingerprint density at radius 3 is 2.46 bits per heavy atom. The minimum atomic E-state index is -0.635. The van der Waals surface area contributed by atoms with Crippen LogP contribution in [0, 0.1) is 12.8 Å². The molecule has 1 aliphatic rings. The number of fused-ring (bicyclic) bond motifs is 1. The summed E-state index contributed by atoms with van der Waals surface area (Å²) in [7, 11) is 0. The van der Waals surface area contributed by atoms with Gasteiger partial charge >= 0.3 is 0 Å². The van der Waals surface area contributed by atoms with Crippen LogP contribution in [-0.4, -0.2) is 22.3 Å². The Labute approximate surface area is 149 Å². The Morgan fingerprint density at radius 2 is 1.85 bits per heavy atom. The normalized spacial score (nSPS) is 12.9. The Morgan fingerprint density at radius 1 is 1.15 bits per heavy atom. The summed E-state index contributed by atoms with van der Waals surface area (Å²) in [5.74, 6) is -1.66. The highest BCUT2D eigenvalue weighted by Gasteiger charge is 2.31. The first-order chi connectivity index (χ1) is 12.2. The quantitative estimate of drug-likeness (QED) is 0.715. The maximum Gasteiger partial charge on any atom is 0.262 e. The molecule has 1 aliphatic heterocycles. The van der Waals surface area contributed by atoms with Crippen molar-refractivity contribution in [3.8, 4) is 5.69 Å². The molecule has 26 heavy (non-hydrogen) atoms. The molecule has 2 heterocycles. The molecular weight excluding hydrogens is 336 g/mol. The van der Waals surface area contributed by atoms with E-state index in [9.17, 15) is 19.2 Å². The van der Waals surface area contributed by atoms with Crippen molar-refractivity contribution in [3.05, 3.63) is 51.3 Å². The molecule has 0 aliphatic carbocycles. The van der Waals surface area contributed by atoms with Crippen molar-refractivity contribution in [3.63, 3.8) is 0 Å². The Hall–Kier alpha value is -3.42. The van der Waals surface area contributed by atoms with Gasteiger partial charge in [-0.25, -0.2) is 0 Å². The monoisotopic (exact) mass is 354 g/mol. The second kappa shape index (κ2) is 6.14. The number of pyridine rings is 1. The minimum absolute atomic E-state index is 0.00978. The smallest absolute Gasteiger partial charge is 0.262 e. The van der Waals surface area contributed by atoms with Gasteiger partial charge < -0.3 is 11.1 Å². The molecule has 0 fully saturated rings. The van der Waals surface area contributed by atoms with Crippen LogP contribution < -0.4 is 21.9 Å². The van der Waals surface area contributed by atoms with E-state index >= 15 is 0 Å². The van der Waals surface area contributed by atoms with Gasteiger partial charge in [0.2, 0.25) is 5.91 Å².